The van der Waals surface area contributed by atoms with E-state index < -0.39 is 0 Å². The number of hydrogen-bond acceptors (Lipinski definition) is 5. The summed E-state index contributed by atoms with van der Waals surface area (Å²) in [7, 11) is 0. The van der Waals surface area contributed by atoms with E-state index in [2.05, 4.69) is 53.3 Å². The second-order valence-electron chi connectivity index (χ2n) is 6.83. The second kappa shape index (κ2) is 9.11. The van der Waals surface area contributed by atoms with Crippen molar-refractivity contribution in [3.63, 3.8) is 0 Å². The van der Waals surface area contributed by atoms with Crippen molar-refractivity contribution in [3.8, 4) is 11.5 Å². The molecule has 6 heteroatoms. The largest absolute Gasteiger partial charge is 0.486 e. The van der Waals surface area contributed by atoms with Crippen LogP contribution in [0.5, 0.6) is 11.5 Å². The summed E-state index contributed by atoms with van der Waals surface area (Å²) >= 11 is 1.68. The summed E-state index contributed by atoms with van der Waals surface area (Å²) in [5.74, 6) is 1.27. The van der Waals surface area contributed by atoms with Crippen LogP contribution in [0.2, 0.25) is 0 Å². The number of fused-ring (bicyclic) bond motifs is 1. The van der Waals surface area contributed by atoms with Gasteiger partial charge in [0.15, 0.2) is 11.5 Å². The van der Waals surface area contributed by atoms with E-state index in [9.17, 15) is 4.79 Å². The number of benzene rings is 2. The van der Waals surface area contributed by atoms with E-state index in [-0.39, 0.29) is 18.5 Å². The second-order valence-corrected chi connectivity index (χ2v) is 7.81. The van der Waals surface area contributed by atoms with Crippen LogP contribution >= 0.6 is 11.3 Å². The fourth-order valence-electron chi connectivity index (χ4n) is 3.31. The van der Waals surface area contributed by atoms with Crippen molar-refractivity contribution in [1.82, 2.24) is 5.32 Å². The van der Waals surface area contributed by atoms with Gasteiger partial charge in [-0.1, -0.05) is 37.3 Å². The fourth-order valence-corrected chi connectivity index (χ4v) is 4.13. The maximum atomic E-state index is 12.5. The quantitative estimate of drug-likeness (QED) is 0.608. The van der Waals surface area contributed by atoms with Crippen LogP contribution in [0.3, 0.4) is 0 Å². The van der Waals surface area contributed by atoms with Gasteiger partial charge in [0.05, 0.1) is 12.6 Å². The van der Waals surface area contributed by atoms with Crippen molar-refractivity contribution in [1.29, 1.82) is 0 Å². The summed E-state index contributed by atoms with van der Waals surface area (Å²) in [4.78, 5) is 13.7. The minimum Gasteiger partial charge on any atom is -0.486 e. The van der Waals surface area contributed by atoms with Crippen molar-refractivity contribution < 1.29 is 14.3 Å². The third-order valence-corrected chi connectivity index (χ3v) is 5.78. The lowest BCUT2D eigenvalue weighted by Gasteiger charge is -2.20. The van der Waals surface area contributed by atoms with Gasteiger partial charge in [0.1, 0.15) is 13.2 Å². The molecule has 4 rings (SSSR count). The van der Waals surface area contributed by atoms with Crippen molar-refractivity contribution in [2.45, 2.75) is 19.4 Å². The Bertz CT molecular complexity index is 955. The van der Waals surface area contributed by atoms with Crippen LogP contribution in [0.15, 0.2) is 60.0 Å². The Labute approximate surface area is 174 Å². The molecule has 1 aliphatic heterocycles. The Balaban J connectivity index is 1.42. The third kappa shape index (κ3) is 4.78. The molecule has 0 fully saturated rings. The molecule has 1 atom stereocenters. The van der Waals surface area contributed by atoms with Gasteiger partial charge >= 0.3 is 0 Å². The number of carbonyl (C=O) groups excluding carboxylic acids is 1. The number of ether oxygens (including phenoxy) is 2. The Hall–Kier alpha value is -2.83. The number of carbonyl (C=O) groups is 1. The van der Waals surface area contributed by atoms with Crippen LogP contribution in [0.4, 0.5) is 5.69 Å². The highest BCUT2D eigenvalue weighted by molar-refractivity contribution is 7.10. The smallest absolute Gasteiger partial charge is 0.238 e. The molecule has 1 aromatic heterocycles. The lowest BCUT2D eigenvalue weighted by atomic mass is 10.0. The first-order chi connectivity index (χ1) is 14.2. The highest BCUT2D eigenvalue weighted by Gasteiger charge is 2.17. The van der Waals surface area contributed by atoms with Crippen molar-refractivity contribution in [2.75, 3.05) is 25.1 Å². The normalized spacial score (nSPS) is 13.7. The van der Waals surface area contributed by atoms with Gasteiger partial charge in [0.25, 0.3) is 0 Å². The van der Waals surface area contributed by atoms with Gasteiger partial charge in [-0.3, -0.25) is 10.1 Å². The van der Waals surface area contributed by atoms with Gasteiger partial charge in [-0.15, -0.1) is 11.3 Å². The number of hydrogen-bond donors (Lipinski definition) is 2. The molecule has 2 heterocycles. The van der Waals surface area contributed by atoms with E-state index in [0.29, 0.717) is 30.4 Å². The minimum atomic E-state index is -0.103. The molecule has 29 heavy (non-hydrogen) atoms. The summed E-state index contributed by atoms with van der Waals surface area (Å²) in [6.45, 7) is 3.41. The average molecular weight is 409 g/mol. The predicted octanol–water partition coefficient (Wildman–Crippen LogP) is 4.40. The molecule has 0 unspecified atom stereocenters. The van der Waals surface area contributed by atoms with Gasteiger partial charge in [-0.05, 0) is 41.1 Å². The van der Waals surface area contributed by atoms with E-state index in [1.807, 2.05) is 18.2 Å². The Kier molecular flexibility index (Phi) is 6.12. The van der Waals surface area contributed by atoms with Crippen LogP contribution in [0, 0.1) is 0 Å². The summed E-state index contributed by atoms with van der Waals surface area (Å²) < 4.78 is 11.1. The molecule has 0 spiro atoms. The molecule has 0 radical (unpaired) electrons. The average Bonchev–Trinajstić information content (AvgIpc) is 3.29. The highest BCUT2D eigenvalue weighted by Crippen LogP contribution is 2.32. The van der Waals surface area contributed by atoms with Crippen LogP contribution < -0.4 is 20.1 Å². The first-order valence-electron chi connectivity index (χ1n) is 9.78. The number of aryl methyl sites for hydroxylation is 1. The van der Waals surface area contributed by atoms with E-state index in [1.54, 1.807) is 17.4 Å². The Morgan fingerprint density at radius 2 is 1.86 bits per heavy atom. The molecule has 2 aromatic carbocycles. The molecule has 0 saturated carbocycles. The molecule has 2 N–H and O–H groups in total. The van der Waals surface area contributed by atoms with E-state index in [1.165, 1.54) is 10.4 Å². The zero-order chi connectivity index (χ0) is 20.1. The van der Waals surface area contributed by atoms with Crippen molar-refractivity contribution >= 4 is 22.9 Å². The monoisotopic (exact) mass is 408 g/mol. The molecule has 5 nitrogen and oxygen atoms in total. The summed E-state index contributed by atoms with van der Waals surface area (Å²) in [6, 6.07) is 18.1. The van der Waals surface area contributed by atoms with Gasteiger partial charge in [-0.25, -0.2) is 0 Å². The molecular weight excluding hydrogens is 384 g/mol. The third-order valence-electron chi connectivity index (χ3n) is 4.84. The predicted molar refractivity (Wildman–Crippen MR) is 116 cm³/mol. The number of amides is 1. The van der Waals surface area contributed by atoms with E-state index in [4.69, 9.17) is 9.47 Å². The van der Waals surface area contributed by atoms with Gasteiger partial charge in [0.2, 0.25) is 5.91 Å². The van der Waals surface area contributed by atoms with Crippen LogP contribution in [-0.4, -0.2) is 25.7 Å². The number of thiophene rings is 1. The number of anilines is 1. The first kappa shape index (κ1) is 19.5. The fraction of sp³-hybridized carbons (Fsp3) is 0.261. The topological polar surface area (TPSA) is 59.6 Å². The summed E-state index contributed by atoms with van der Waals surface area (Å²) in [6.07, 6.45) is 1.01. The SMILES string of the molecule is CCc1ccc([C@H](NCC(=O)Nc2ccc3c(c2)OCCO3)c2cccs2)cc1. The van der Waals surface area contributed by atoms with Gasteiger partial charge in [-0.2, -0.15) is 0 Å². The Morgan fingerprint density at radius 3 is 2.59 bits per heavy atom. The zero-order valence-electron chi connectivity index (χ0n) is 16.3. The van der Waals surface area contributed by atoms with Crippen LogP contribution in [0.1, 0.15) is 29.0 Å². The van der Waals surface area contributed by atoms with Crippen molar-refractivity contribution in [2.24, 2.45) is 0 Å². The zero-order valence-corrected chi connectivity index (χ0v) is 17.1. The first-order valence-corrected chi connectivity index (χ1v) is 10.7. The molecule has 0 bridgehead atoms. The molecule has 1 amide bonds. The molecular formula is C23H24N2O3S. The van der Waals surface area contributed by atoms with E-state index in [0.717, 1.165) is 12.0 Å². The number of rotatable bonds is 7. The van der Waals surface area contributed by atoms with Crippen molar-refractivity contribution in [3.05, 3.63) is 76.0 Å². The standard InChI is InChI=1S/C23H24N2O3S/c1-2-16-5-7-17(8-6-16)23(21-4-3-13-29-21)24-15-22(26)25-18-9-10-19-20(14-18)28-12-11-27-19/h3-10,13-14,23-24H,2,11-12,15H2,1H3,(H,25,26)/t23-/m0/s1. The lowest BCUT2D eigenvalue weighted by molar-refractivity contribution is -0.115. The highest BCUT2D eigenvalue weighted by atomic mass is 32.1. The lowest BCUT2D eigenvalue weighted by Crippen LogP contribution is -2.31. The molecule has 1 aliphatic rings. The number of nitrogens with one attached hydrogen (secondary N) is 2. The summed E-state index contributed by atoms with van der Waals surface area (Å²) in [5.41, 5.74) is 3.15. The van der Waals surface area contributed by atoms with Crippen LogP contribution in [0.25, 0.3) is 0 Å². The minimum absolute atomic E-state index is 0.0214. The molecule has 3 aromatic rings. The van der Waals surface area contributed by atoms with E-state index >= 15 is 0 Å². The summed E-state index contributed by atoms with van der Waals surface area (Å²) in [5, 5.41) is 8.38. The maximum Gasteiger partial charge on any atom is 0.238 e. The van der Waals surface area contributed by atoms with Crippen LogP contribution in [-0.2, 0) is 11.2 Å². The van der Waals surface area contributed by atoms with Gasteiger partial charge in [0, 0.05) is 16.6 Å². The Morgan fingerprint density at radius 1 is 1.07 bits per heavy atom. The maximum absolute atomic E-state index is 12.5. The molecule has 0 aliphatic carbocycles. The molecule has 0 saturated heterocycles. The van der Waals surface area contributed by atoms with Gasteiger partial charge < -0.3 is 14.8 Å². The molecule has 150 valence electrons.